The molecule has 2 aliphatic rings. The number of hydrogen-bond acceptors (Lipinski definition) is 4. The summed E-state index contributed by atoms with van der Waals surface area (Å²) in [6, 6.07) is 11.8. The number of rotatable bonds is 8. The normalized spacial score (nSPS) is 22.0. The van der Waals surface area contributed by atoms with Gasteiger partial charge in [-0.25, -0.2) is 4.98 Å². The molecule has 3 N–H and O–H groups in total. The van der Waals surface area contributed by atoms with Crippen LogP contribution in [0.3, 0.4) is 0 Å². The summed E-state index contributed by atoms with van der Waals surface area (Å²) >= 11 is 0. The van der Waals surface area contributed by atoms with Crippen molar-refractivity contribution in [2.24, 2.45) is 5.92 Å². The number of fused-ring (bicyclic) bond motifs is 3. The van der Waals surface area contributed by atoms with Gasteiger partial charge in [0.15, 0.2) is 0 Å². The molecule has 40 heavy (non-hydrogen) atoms. The molecule has 1 aliphatic carbocycles. The SMILES string of the molecule is C=C(CCC)CC1CC(=N)/C=C(\NC)C(CCc2ccc3c(n2)NCCC3)C(C)(C)c2cc1cc(C(C)(C)C)c2. The largest absolute Gasteiger partial charge is 0.391 e. The van der Waals surface area contributed by atoms with Crippen molar-refractivity contribution in [1.29, 1.82) is 5.41 Å². The van der Waals surface area contributed by atoms with E-state index in [0.717, 1.165) is 68.7 Å². The van der Waals surface area contributed by atoms with Crippen molar-refractivity contribution >= 4 is 11.5 Å². The molecule has 2 atom stereocenters. The third-order valence-electron chi connectivity index (χ3n) is 9.15. The summed E-state index contributed by atoms with van der Waals surface area (Å²) in [6.07, 6.45) is 10.1. The van der Waals surface area contributed by atoms with Crippen LogP contribution in [0, 0.1) is 11.3 Å². The molecule has 0 saturated carbocycles. The molecule has 0 spiro atoms. The average Bonchev–Trinajstić information content (AvgIpc) is 2.90. The van der Waals surface area contributed by atoms with Gasteiger partial charge in [-0.05, 0) is 96.1 Å². The molecular weight excluding hydrogens is 488 g/mol. The van der Waals surface area contributed by atoms with E-state index >= 15 is 0 Å². The van der Waals surface area contributed by atoms with Gasteiger partial charge < -0.3 is 16.0 Å². The van der Waals surface area contributed by atoms with Gasteiger partial charge in [-0.3, -0.25) is 0 Å². The zero-order valence-corrected chi connectivity index (χ0v) is 26.1. The first-order valence-corrected chi connectivity index (χ1v) is 15.4. The fourth-order valence-corrected chi connectivity index (χ4v) is 6.57. The third-order valence-corrected chi connectivity index (χ3v) is 9.15. The molecule has 4 nitrogen and oxygen atoms in total. The Morgan fingerprint density at radius 2 is 1.98 bits per heavy atom. The number of pyridine rings is 1. The summed E-state index contributed by atoms with van der Waals surface area (Å²) in [4.78, 5) is 5.01. The topological polar surface area (TPSA) is 60.8 Å². The van der Waals surface area contributed by atoms with Gasteiger partial charge in [-0.1, -0.05) is 84.4 Å². The number of aryl methyl sites for hydroxylation is 2. The van der Waals surface area contributed by atoms with Crippen molar-refractivity contribution in [1.82, 2.24) is 10.3 Å². The first kappa shape index (κ1) is 30.1. The summed E-state index contributed by atoms with van der Waals surface area (Å²) < 4.78 is 0. The average molecular weight is 541 g/mol. The Kier molecular flexibility index (Phi) is 9.27. The molecular formula is C36H52N4. The van der Waals surface area contributed by atoms with Crippen LogP contribution < -0.4 is 10.6 Å². The second-order valence-corrected chi connectivity index (χ2v) is 13.7. The van der Waals surface area contributed by atoms with E-state index in [1.54, 1.807) is 0 Å². The monoisotopic (exact) mass is 540 g/mol. The van der Waals surface area contributed by atoms with Crippen molar-refractivity contribution < 1.29 is 0 Å². The molecule has 0 amide bonds. The molecule has 2 heterocycles. The predicted octanol–water partition coefficient (Wildman–Crippen LogP) is 8.62. The van der Waals surface area contributed by atoms with E-state index in [1.165, 1.54) is 34.2 Å². The molecule has 4 rings (SSSR count). The predicted molar refractivity (Wildman–Crippen MR) is 172 cm³/mol. The summed E-state index contributed by atoms with van der Waals surface area (Å²) in [6.45, 7) is 19.4. The zero-order chi connectivity index (χ0) is 29.1. The molecule has 2 aromatic rings. The lowest BCUT2D eigenvalue weighted by Gasteiger charge is -2.39. The third kappa shape index (κ3) is 6.87. The molecule has 4 heteroatoms. The molecule has 1 aliphatic heterocycles. The lowest BCUT2D eigenvalue weighted by atomic mass is 9.67. The summed E-state index contributed by atoms with van der Waals surface area (Å²) in [5.74, 6) is 1.55. The number of benzene rings is 1. The molecule has 1 aromatic carbocycles. The van der Waals surface area contributed by atoms with Crippen molar-refractivity contribution in [2.45, 2.75) is 110 Å². The van der Waals surface area contributed by atoms with E-state index in [2.05, 4.69) is 95.2 Å². The highest BCUT2D eigenvalue weighted by atomic mass is 15.0. The molecule has 216 valence electrons. The van der Waals surface area contributed by atoms with Crippen LogP contribution in [0.15, 0.2) is 54.3 Å². The minimum absolute atomic E-state index is 0.0423. The highest BCUT2D eigenvalue weighted by molar-refractivity contribution is 5.93. The number of nitrogens with zero attached hydrogens (tertiary/aromatic N) is 1. The molecule has 2 unspecified atom stereocenters. The van der Waals surface area contributed by atoms with Gasteiger partial charge >= 0.3 is 0 Å². The van der Waals surface area contributed by atoms with Gasteiger partial charge in [0.05, 0.1) is 0 Å². The highest BCUT2D eigenvalue weighted by Crippen LogP contribution is 2.43. The lowest BCUT2D eigenvalue weighted by Crippen LogP contribution is -2.36. The minimum atomic E-state index is -0.139. The van der Waals surface area contributed by atoms with E-state index < -0.39 is 0 Å². The van der Waals surface area contributed by atoms with Gasteiger partial charge in [0, 0.05) is 36.6 Å². The van der Waals surface area contributed by atoms with E-state index in [4.69, 9.17) is 10.4 Å². The van der Waals surface area contributed by atoms with Crippen LogP contribution in [0.4, 0.5) is 5.82 Å². The van der Waals surface area contributed by atoms with Crippen LogP contribution in [-0.2, 0) is 23.7 Å². The van der Waals surface area contributed by atoms with Crippen molar-refractivity contribution in [3.63, 3.8) is 0 Å². The number of allylic oxidation sites excluding steroid dienone is 3. The summed E-state index contributed by atoms with van der Waals surface area (Å²) in [7, 11) is 2.02. The van der Waals surface area contributed by atoms with Crippen LogP contribution in [0.2, 0.25) is 0 Å². The van der Waals surface area contributed by atoms with Crippen LogP contribution in [-0.4, -0.2) is 24.3 Å². The molecule has 0 saturated heterocycles. The Morgan fingerprint density at radius 1 is 1.20 bits per heavy atom. The maximum Gasteiger partial charge on any atom is 0.129 e. The fraction of sp³-hybridized carbons (Fsp3) is 0.556. The molecule has 0 fully saturated rings. The van der Waals surface area contributed by atoms with Gasteiger partial charge in [-0.2, -0.15) is 0 Å². The smallest absolute Gasteiger partial charge is 0.129 e. The standard InChI is InChI=1S/C36H52N4/c1-9-11-24(2)18-26-21-30(37)23-33(38-8)32(16-15-31-14-13-25-12-10-17-39-34(25)40-31)36(6,7)29-20-27(26)19-28(22-29)35(3,4)5/h13-14,19-20,22-23,26,32,37-38H,2,9-12,15-18,21H2,1,3-8H3,(H,39,40)/b33-23-,37-30?. The van der Waals surface area contributed by atoms with Gasteiger partial charge in [0.25, 0.3) is 0 Å². The highest BCUT2D eigenvalue weighted by Gasteiger charge is 2.36. The first-order chi connectivity index (χ1) is 18.9. The Hall–Kier alpha value is -2.88. The first-order valence-electron chi connectivity index (χ1n) is 15.4. The van der Waals surface area contributed by atoms with Crippen LogP contribution in [0.5, 0.6) is 0 Å². The number of hydrogen-bond donors (Lipinski definition) is 3. The summed E-state index contributed by atoms with van der Waals surface area (Å²) in [5, 5.41) is 16.1. The van der Waals surface area contributed by atoms with E-state index in [-0.39, 0.29) is 22.7 Å². The van der Waals surface area contributed by atoms with Crippen LogP contribution in [0.25, 0.3) is 0 Å². The fourth-order valence-electron chi connectivity index (χ4n) is 6.57. The Balaban J connectivity index is 1.76. The van der Waals surface area contributed by atoms with Gasteiger partial charge in [-0.15, -0.1) is 0 Å². The Morgan fingerprint density at radius 3 is 2.67 bits per heavy atom. The Labute approximate surface area is 243 Å². The van der Waals surface area contributed by atoms with Crippen LogP contribution in [0.1, 0.15) is 114 Å². The van der Waals surface area contributed by atoms with Crippen molar-refractivity contribution in [3.8, 4) is 0 Å². The second-order valence-electron chi connectivity index (χ2n) is 13.7. The number of nitrogens with one attached hydrogen (secondary N) is 3. The second kappa shape index (κ2) is 12.3. The Bertz CT molecular complexity index is 1260. The number of anilines is 1. The molecule has 0 radical (unpaired) electrons. The maximum absolute atomic E-state index is 9.10. The number of aromatic nitrogens is 1. The molecule has 1 aromatic heterocycles. The van der Waals surface area contributed by atoms with Crippen molar-refractivity contribution in [2.75, 3.05) is 18.9 Å². The van der Waals surface area contributed by atoms with Gasteiger partial charge in [0.1, 0.15) is 5.82 Å². The van der Waals surface area contributed by atoms with E-state index in [9.17, 15) is 0 Å². The van der Waals surface area contributed by atoms with E-state index in [1.807, 2.05) is 7.05 Å². The van der Waals surface area contributed by atoms with Gasteiger partial charge in [0.2, 0.25) is 0 Å². The zero-order valence-electron chi connectivity index (χ0n) is 26.1. The van der Waals surface area contributed by atoms with E-state index in [0.29, 0.717) is 5.71 Å². The molecule has 2 bridgehead atoms. The lowest BCUT2D eigenvalue weighted by molar-refractivity contribution is 0.330. The maximum atomic E-state index is 9.10. The minimum Gasteiger partial charge on any atom is -0.391 e. The summed E-state index contributed by atoms with van der Waals surface area (Å²) in [5.41, 5.74) is 9.65. The van der Waals surface area contributed by atoms with Crippen molar-refractivity contribution in [3.05, 3.63) is 82.2 Å². The van der Waals surface area contributed by atoms with Crippen LogP contribution >= 0.6 is 0 Å². The quantitative estimate of drug-likeness (QED) is 0.294.